The average molecular weight is 366 g/mol. The lowest BCUT2D eigenvalue weighted by molar-refractivity contribution is 0.226. The SMILES string of the molecule is O=S(=O)(c1ccc(F)cc1Br)N(CCO)C1CCCC1. The van der Waals surface area contributed by atoms with Crippen molar-refractivity contribution < 1.29 is 17.9 Å². The van der Waals surface area contributed by atoms with Crippen LogP contribution in [0.3, 0.4) is 0 Å². The van der Waals surface area contributed by atoms with Gasteiger partial charge < -0.3 is 5.11 Å². The molecular formula is C13H17BrFNO3S. The van der Waals surface area contributed by atoms with Gasteiger partial charge in [0.05, 0.1) is 11.5 Å². The highest BCUT2D eigenvalue weighted by Crippen LogP contribution is 2.31. The molecular weight excluding hydrogens is 349 g/mol. The number of aliphatic hydroxyl groups is 1. The van der Waals surface area contributed by atoms with Crippen LogP contribution in [0.4, 0.5) is 4.39 Å². The molecule has 0 saturated heterocycles. The summed E-state index contributed by atoms with van der Waals surface area (Å²) in [4.78, 5) is 0.0410. The molecule has 4 nitrogen and oxygen atoms in total. The van der Waals surface area contributed by atoms with E-state index in [1.807, 2.05) is 0 Å². The smallest absolute Gasteiger partial charge is 0.244 e. The van der Waals surface area contributed by atoms with Crippen LogP contribution in [0.15, 0.2) is 27.6 Å². The van der Waals surface area contributed by atoms with Crippen molar-refractivity contribution in [2.75, 3.05) is 13.2 Å². The number of benzene rings is 1. The fourth-order valence-corrected chi connectivity index (χ4v) is 5.29. The Morgan fingerprint density at radius 1 is 1.35 bits per heavy atom. The highest BCUT2D eigenvalue weighted by Gasteiger charge is 2.33. The number of hydrogen-bond acceptors (Lipinski definition) is 3. The summed E-state index contributed by atoms with van der Waals surface area (Å²) in [6.45, 7) is -0.161. The number of aliphatic hydroxyl groups excluding tert-OH is 1. The van der Waals surface area contributed by atoms with Gasteiger partial charge in [-0.05, 0) is 47.0 Å². The number of rotatable bonds is 5. The summed E-state index contributed by atoms with van der Waals surface area (Å²) < 4.78 is 40.1. The number of nitrogens with zero attached hydrogens (tertiary/aromatic N) is 1. The van der Waals surface area contributed by atoms with Crippen molar-refractivity contribution in [3.05, 3.63) is 28.5 Å². The maximum Gasteiger partial charge on any atom is 0.244 e. The van der Waals surface area contributed by atoms with Gasteiger partial charge in [-0.25, -0.2) is 12.8 Å². The minimum atomic E-state index is -3.73. The molecule has 0 spiro atoms. The number of hydrogen-bond donors (Lipinski definition) is 1. The summed E-state index contributed by atoms with van der Waals surface area (Å²) >= 11 is 3.10. The molecule has 0 radical (unpaired) electrons. The molecule has 1 aliphatic rings. The van der Waals surface area contributed by atoms with E-state index in [2.05, 4.69) is 15.9 Å². The number of sulfonamides is 1. The van der Waals surface area contributed by atoms with E-state index >= 15 is 0 Å². The lowest BCUT2D eigenvalue weighted by atomic mass is 10.2. The Labute approximate surface area is 126 Å². The maximum atomic E-state index is 13.1. The lowest BCUT2D eigenvalue weighted by Crippen LogP contribution is -2.40. The zero-order chi connectivity index (χ0) is 14.8. The van der Waals surface area contributed by atoms with Crippen LogP contribution in [0.2, 0.25) is 0 Å². The van der Waals surface area contributed by atoms with Crippen LogP contribution in [0.1, 0.15) is 25.7 Å². The van der Waals surface area contributed by atoms with Crippen LogP contribution < -0.4 is 0 Å². The topological polar surface area (TPSA) is 57.6 Å². The van der Waals surface area contributed by atoms with Gasteiger partial charge in [0.15, 0.2) is 0 Å². The molecule has 7 heteroatoms. The van der Waals surface area contributed by atoms with E-state index < -0.39 is 15.8 Å². The monoisotopic (exact) mass is 365 g/mol. The summed E-state index contributed by atoms with van der Waals surface area (Å²) in [6.07, 6.45) is 3.59. The van der Waals surface area contributed by atoms with Gasteiger partial charge in [0.2, 0.25) is 10.0 Å². The van der Waals surface area contributed by atoms with Crippen molar-refractivity contribution in [1.29, 1.82) is 0 Å². The minimum Gasteiger partial charge on any atom is -0.395 e. The Balaban J connectivity index is 2.39. The highest BCUT2D eigenvalue weighted by atomic mass is 79.9. The van der Waals surface area contributed by atoms with Crippen molar-refractivity contribution >= 4 is 26.0 Å². The summed E-state index contributed by atoms with van der Waals surface area (Å²) in [7, 11) is -3.73. The molecule has 1 aromatic carbocycles. The molecule has 1 aromatic rings. The third-order valence-electron chi connectivity index (χ3n) is 3.53. The van der Waals surface area contributed by atoms with Crippen molar-refractivity contribution in [3.63, 3.8) is 0 Å². The Bertz CT molecular complexity index is 573. The zero-order valence-electron chi connectivity index (χ0n) is 10.9. The van der Waals surface area contributed by atoms with Gasteiger partial charge >= 0.3 is 0 Å². The normalized spacial score (nSPS) is 17.0. The molecule has 0 atom stereocenters. The van der Waals surface area contributed by atoms with Gasteiger partial charge in [0.25, 0.3) is 0 Å². The van der Waals surface area contributed by atoms with Crippen LogP contribution >= 0.6 is 15.9 Å². The van der Waals surface area contributed by atoms with Crippen molar-refractivity contribution in [2.45, 2.75) is 36.6 Å². The van der Waals surface area contributed by atoms with Crippen molar-refractivity contribution in [2.24, 2.45) is 0 Å². The van der Waals surface area contributed by atoms with Crippen molar-refractivity contribution in [1.82, 2.24) is 4.31 Å². The van der Waals surface area contributed by atoms with E-state index in [1.165, 1.54) is 10.4 Å². The van der Waals surface area contributed by atoms with Gasteiger partial charge in [-0.3, -0.25) is 0 Å². The third kappa shape index (κ3) is 3.21. The fraction of sp³-hybridized carbons (Fsp3) is 0.538. The summed E-state index contributed by atoms with van der Waals surface area (Å²) in [5.74, 6) is -0.495. The first-order chi connectivity index (χ1) is 9.46. The summed E-state index contributed by atoms with van der Waals surface area (Å²) in [5.41, 5.74) is 0. The van der Waals surface area contributed by atoms with Crippen LogP contribution in [0, 0.1) is 5.82 Å². The molecule has 20 heavy (non-hydrogen) atoms. The molecule has 0 aliphatic heterocycles. The third-order valence-corrected chi connectivity index (χ3v) is 6.46. The van der Waals surface area contributed by atoms with E-state index in [1.54, 1.807) is 0 Å². The molecule has 0 heterocycles. The van der Waals surface area contributed by atoms with Gasteiger partial charge in [-0.2, -0.15) is 4.31 Å². The second-order valence-electron chi connectivity index (χ2n) is 4.85. The second-order valence-corrected chi connectivity index (χ2v) is 7.57. The standard InChI is InChI=1S/C13H17BrFNO3S/c14-12-9-10(15)5-6-13(12)20(18,19)16(7-8-17)11-3-1-2-4-11/h5-6,9,11,17H,1-4,7-8H2. The first kappa shape index (κ1) is 15.9. The van der Waals surface area contributed by atoms with E-state index in [0.29, 0.717) is 0 Å². The molecule has 1 aliphatic carbocycles. The molecule has 1 fully saturated rings. The molecule has 2 rings (SSSR count). The van der Waals surface area contributed by atoms with Gasteiger partial charge in [0, 0.05) is 17.1 Å². The predicted octanol–water partition coefficient (Wildman–Crippen LogP) is 2.51. The second kappa shape index (κ2) is 6.51. The van der Waals surface area contributed by atoms with Gasteiger partial charge in [-0.1, -0.05) is 12.8 Å². The highest BCUT2D eigenvalue weighted by molar-refractivity contribution is 9.10. The molecule has 1 N–H and O–H groups in total. The van der Waals surface area contributed by atoms with E-state index in [4.69, 9.17) is 5.11 Å². The molecule has 1 saturated carbocycles. The first-order valence-electron chi connectivity index (χ1n) is 6.54. The summed E-state index contributed by atoms with van der Waals surface area (Å²) in [5, 5.41) is 9.14. The molecule has 0 amide bonds. The van der Waals surface area contributed by atoms with Crippen LogP contribution in [-0.2, 0) is 10.0 Å². The summed E-state index contributed by atoms with van der Waals surface area (Å²) in [6, 6.07) is 3.44. The van der Waals surface area contributed by atoms with Crippen LogP contribution in [0.25, 0.3) is 0 Å². The van der Waals surface area contributed by atoms with Gasteiger partial charge in [-0.15, -0.1) is 0 Å². The van der Waals surface area contributed by atoms with E-state index in [0.717, 1.165) is 37.8 Å². The fourth-order valence-electron chi connectivity index (χ4n) is 2.60. The van der Waals surface area contributed by atoms with E-state index in [-0.39, 0.29) is 28.6 Å². The average Bonchev–Trinajstić information content (AvgIpc) is 2.88. The lowest BCUT2D eigenvalue weighted by Gasteiger charge is -2.27. The number of halogens is 2. The largest absolute Gasteiger partial charge is 0.395 e. The Morgan fingerprint density at radius 2 is 2.00 bits per heavy atom. The van der Waals surface area contributed by atoms with Crippen LogP contribution in [0.5, 0.6) is 0 Å². The van der Waals surface area contributed by atoms with Gasteiger partial charge in [0.1, 0.15) is 5.82 Å². The zero-order valence-corrected chi connectivity index (χ0v) is 13.3. The first-order valence-corrected chi connectivity index (χ1v) is 8.78. The minimum absolute atomic E-state index is 0.0410. The Kier molecular flexibility index (Phi) is 5.17. The Hall–Kier alpha value is -0.500. The molecule has 112 valence electrons. The van der Waals surface area contributed by atoms with Crippen LogP contribution in [-0.4, -0.2) is 37.0 Å². The predicted molar refractivity (Wildman–Crippen MR) is 77.3 cm³/mol. The quantitative estimate of drug-likeness (QED) is 0.871. The molecule has 0 bridgehead atoms. The molecule has 0 aromatic heterocycles. The molecule has 0 unspecified atom stereocenters. The van der Waals surface area contributed by atoms with Crippen molar-refractivity contribution in [3.8, 4) is 0 Å². The Morgan fingerprint density at radius 3 is 2.55 bits per heavy atom. The van der Waals surface area contributed by atoms with E-state index in [9.17, 15) is 12.8 Å². The maximum absolute atomic E-state index is 13.1.